The number of aliphatic carboxylic acids is 1. The fourth-order valence-electron chi connectivity index (χ4n) is 3.27. The number of benzene rings is 1. The molecule has 0 bridgehead atoms. The number of aryl methyl sites for hydroxylation is 2. The van der Waals surface area contributed by atoms with Crippen LogP contribution in [0.4, 0.5) is 0 Å². The van der Waals surface area contributed by atoms with Crippen LogP contribution in [0, 0.1) is 13.8 Å². The average Bonchev–Trinajstić information content (AvgIpc) is 3.15. The maximum atomic E-state index is 12.6. The van der Waals surface area contributed by atoms with Gasteiger partial charge in [0.2, 0.25) is 5.91 Å². The lowest BCUT2D eigenvalue weighted by Crippen LogP contribution is -2.41. The van der Waals surface area contributed by atoms with Gasteiger partial charge in [-0.2, -0.15) is 0 Å². The van der Waals surface area contributed by atoms with Crippen molar-refractivity contribution in [1.82, 2.24) is 4.90 Å². The molecule has 6 heteroatoms. The summed E-state index contributed by atoms with van der Waals surface area (Å²) in [7, 11) is 1.53. The van der Waals surface area contributed by atoms with E-state index in [0.717, 1.165) is 27.7 Å². The van der Waals surface area contributed by atoms with Crippen LogP contribution in [0.15, 0.2) is 22.8 Å². The first kappa shape index (κ1) is 16.5. The molecule has 2 unspecified atom stereocenters. The Labute approximate surface area is 140 Å². The van der Waals surface area contributed by atoms with Crippen LogP contribution in [0.1, 0.15) is 23.1 Å². The number of furan rings is 1. The van der Waals surface area contributed by atoms with Gasteiger partial charge in [0.05, 0.1) is 18.8 Å². The summed E-state index contributed by atoms with van der Waals surface area (Å²) < 4.78 is 10.9. The Morgan fingerprint density at radius 3 is 2.79 bits per heavy atom. The topological polar surface area (TPSA) is 80.0 Å². The van der Waals surface area contributed by atoms with Crippen molar-refractivity contribution in [2.75, 3.05) is 13.7 Å². The van der Waals surface area contributed by atoms with E-state index in [-0.39, 0.29) is 18.4 Å². The van der Waals surface area contributed by atoms with E-state index < -0.39 is 12.0 Å². The largest absolute Gasteiger partial charge is 0.480 e. The molecular formula is C18H21NO5. The highest BCUT2D eigenvalue weighted by Crippen LogP contribution is 2.28. The number of fused-ring (bicyclic) bond motifs is 1. The fourth-order valence-corrected chi connectivity index (χ4v) is 3.27. The number of carbonyl (C=O) groups is 2. The zero-order chi connectivity index (χ0) is 17.4. The van der Waals surface area contributed by atoms with Gasteiger partial charge in [-0.1, -0.05) is 12.1 Å². The summed E-state index contributed by atoms with van der Waals surface area (Å²) in [6.45, 7) is 4.30. The van der Waals surface area contributed by atoms with Crippen LogP contribution in [-0.4, -0.2) is 47.7 Å². The molecule has 0 radical (unpaired) electrons. The molecule has 128 valence electrons. The third-order valence-corrected chi connectivity index (χ3v) is 4.88. The molecule has 0 spiro atoms. The molecular weight excluding hydrogens is 310 g/mol. The Kier molecular flexibility index (Phi) is 4.32. The summed E-state index contributed by atoms with van der Waals surface area (Å²) in [5, 5.41) is 10.2. The van der Waals surface area contributed by atoms with Crippen LogP contribution in [0.5, 0.6) is 0 Å². The number of carboxylic acid groups (broad SMARTS) is 1. The number of hydrogen-bond acceptors (Lipinski definition) is 4. The minimum atomic E-state index is -0.994. The number of hydrogen-bond donors (Lipinski definition) is 1. The number of ether oxygens (including phenoxy) is 1. The molecule has 3 rings (SSSR count). The highest BCUT2D eigenvalue weighted by atomic mass is 16.5. The fraction of sp³-hybridized carbons (Fsp3) is 0.444. The van der Waals surface area contributed by atoms with Gasteiger partial charge in [-0.3, -0.25) is 4.79 Å². The second kappa shape index (κ2) is 6.28. The lowest BCUT2D eigenvalue weighted by atomic mass is 10.0. The van der Waals surface area contributed by atoms with Gasteiger partial charge in [0, 0.05) is 31.0 Å². The van der Waals surface area contributed by atoms with Crippen molar-refractivity contribution in [2.45, 2.75) is 38.8 Å². The predicted molar refractivity (Wildman–Crippen MR) is 87.9 cm³/mol. The van der Waals surface area contributed by atoms with Crippen molar-refractivity contribution >= 4 is 22.8 Å². The Morgan fingerprint density at radius 1 is 1.38 bits per heavy atom. The predicted octanol–water partition coefficient (Wildman–Crippen LogP) is 2.29. The Balaban J connectivity index is 1.84. The molecule has 0 saturated carbocycles. The SMILES string of the molecule is COC1CC(C(=O)O)N(C(=O)Cc2coc3c(C)c(C)ccc23)C1. The standard InChI is InChI=1S/C18H21NO5/c1-10-4-5-14-12(9-24-17(14)11(10)2)6-16(20)19-8-13(23-3)7-15(19)18(21)22/h4-5,9,13,15H,6-8H2,1-3H3,(H,21,22). The minimum absolute atomic E-state index is 0.121. The molecule has 1 amide bonds. The summed E-state index contributed by atoms with van der Waals surface area (Å²) in [6, 6.07) is 3.11. The van der Waals surface area contributed by atoms with E-state index in [1.807, 2.05) is 26.0 Å². The number of rotatable bonds is 4. The molecule has 1 aliphatic rings. The number of amides is 1. The highest BCUT2D eigenvalue weighted by molar-refractivity contribution is 5.91. The van der Waals surface area contributed by atoms with E-state index in [1.54, 1.807) is 6.26 Å². The minimum Gasteiger partial charge on any atom is -0.480 e. The molecule has 1 aromatic carbocycles. The third-order valence-electron chi connectivity index (χ3n) is 4.88. The van der Waals surface area contributed by atoms with Gasteiger partial charge < -0.3 is 19.2 Å². The highest BCUT2D eigenvalue weighted by Gasteiger charge is 2.39. The molecule has 1 aliphatic heterocycles. The number of carboxylic acids is 1. The summed E-state index contributed by atoms with van der Waals surface area (Å²) in [5.74, 6) is -1.21. The molecule has 2 aromatic rings. The summed E-state index contributed by atoms with van der Waals surface area (Å²) in [4.78, 5) is 25.5. The Morgan fingerprint density at radius 2 is 2.12 bits per heavy atom. The van der Waals surface area contributed by atoms with Crippen LogP contribution in [0.2, 0.25) is 0 Å². The van der Waals surface area contributed by atoms with Gasteiger partial charge in [0.1, 0.15) is 11.6 Å². The van der Waals surface area contributed by atoms with Crippen molar-refractivity contribution in [3.8, 4) is 0 Å². The first-order chi connectivity index (χ1) is 11.4. The van der Waals surface area contributed by atoms with Crippen molar-refractivity contribution < 1.29 is 23.8 Å². The zero-order valence-corrected chi connectivity index (χ0v) is 14.0. The first-order valence-electron chi connectivity index (χ1n) is 7.93. The van der Waals surface area contributed by atoms with E-state index >= 15 is 0 Å². The van der Waals surface area contributed by atoms with Gasteiger partial charge in [0.15, 0.2) is 0 Å². The second-order valence-electron chi connectivity index (χ2n) is 6.32. The zero-order valence-electron chi connectivity index (χ0n) is 14.0. The van der Waals surface area contributed by atoms with Gasteiger partial charge in [-0.25, -0.2) is 4.79 Å². The molecule has 24 heavy (non-hydrogen) atoms. The van der Waals surface area contributed by atoms with Crippen molar-refractivity contribution in [2.24, 2.45) is 0 Å². The van der Waals surface area contributed by atoms with Crippen LogP contribution in [0.3, 0.4) is 0 Å². The van der Waals surface area contributed by atoms with E-state index in [0.29, 0.717) is 13.0 Å². The van der Waals surface area contributed by atoms with E-state index in [1.165, 1.54) is 12.0 Å². The summed E-state index contributed by atoms with van der Waals surface area (Å²) >= 11 is 0. The number of nitrogens with zero attached hydrogens (tertiary/aromatic N) is 1. The maximum Gasteiger partial charge on any atom is 0.326 e. The van der Waals surface area contributed by atoms with E-state index in [2.05, 4.69) is 0 Å². The van der Waals surface area contributed by atoms with Crippen LogP contribution in [0.25, 0.3) is 11.0 Å². The van der Waals surface area contributed by atoms with Crippen LogP contribution >= 0.6 is 0 Å². The van der Waals surface area contributed by atoms with Gasteiger partial charge in [-0.05, 0) is 25.0 Å². The molecule has 2 atom stereocenters. The first-order valence-corrected chi connectivity index (χ1v) is 7.93. The molecule has 2 heterocycles. The third kappa shape index (κ3) is 2.78. The van der Waals surface area contributed by atoms with E-state index in [4.69, 9.17) is 9.15 Å². The lowest BCUT2D eigenvalue weighted by molar-refractivity contribution is -0.147. The number of likely N-dealkylation sites (tertiary alicyclic amines) is 1. The average molecular weight is 331 g/mol. The molecule has 6 nitrogen and oxygen atoms in total. The van der Waals surface area contributed by atoms with Crippen molar-refractivity contribution in [3.05, 3.63) is 35.1 Å². The molecule has 1 fully saturated rings. The Bertz CT molecular complexity index is 794. The van der Waals surface area contributed by atoms with Crippen LogP contribution in [-0.2, 0) is 20.7 Å². The normalized spacial score (nSPS) is 20.7. The summed E-state index contributed by atoms with van der Waals surface area (Å²) in [5.41, 5.74) is 3.74. The van der Waals surface area contributed by atoms with Crippen LogP contribution < -0.4 is 0 Å². The monoisotopic (exact) mass is 331 g/mol. The molecule has 1 saturated heterocycles. The number of carbonyl (C=O) groups excluding carboxylic acids is 1. The molecule has 1 N–H and O–H groups in total. The quantitative estimate of drug-likeness (QED) is 0.930. The van der Waals surface area contributed by atoms with E-state index in [9.17, 15) is 14.7 Å². The molecule has 1 aromatic heterocycles. The van der Waals surface area contributed by atoms with Crippen molar-refractivity contribution in [3.63, 3.8) is 0 Å². The Hall–Kier alpha value is -2.34. The number of methoxy groups -OCH3 is 1. The van der Waals surface area contributed by atoms with Gasteiger partial charge in [-0.15, -0.1) is 0 Å². The smallest absolute Gasteiger partial charge is 0.326 e. The van der Waals surface area contributed by atoms with Crippen molar-refractivity contribution in [1.29, 1.82) is 0 Å². The summed E-state index contributed by atoms with van der Waals surface area (Å²) in [6.07, 6.45) is 1.80. The second-order valence-corrected chi connectivity index (χ2v) is 6.32. The maximum absolute atomic E-state index is 12.6. The van der Waals surface area contributed by atoms with Gasteiger partial charge in [0.25, 0.3) is 0 Å². The van der Waals surface area contributed by atoms with Gasteiger partial charge >= 0.3 is 5.97 Å². The molecule has 0 aliphatic carbocycles. The lowest BCUT2D eigenvalue weighted by Gasteiger charge is -2.21.